The van der Waals surface area contributed by atoms with Crippen LogP contribution in [0.1, 0.15) is 31.9 Å². The summed E-state index contributed by atoms with van der Waals surface area (Å²) in [5, 5.41) is 11.4. The predicted octanol–water partition coefficient (Wildman–Crippen LogP) is 3.84. The third-order valence-corrected chi connectivity index (χ3v) is 4.41. The number of anilines is 1. The molecule has 1 atom stereocenters. The molecule has 0 aliphatic carbocycles. The molecule has 3 aromatic rings. The van der Waals surface area contributed by atoms with E-state index in [2.05, 4.69) is 29.4 Å². The van der Waals surface area contributed by atoms with E-state index in [4.69, 9.17) is 0 Å². The quantitative estimate of drug-likeness (QED) is 0.717. The Bertz CT molecular complexity index is 901. The minimum atomic E-state index is -0.292. The number of carbonyl (C=O) groups is 1. The molecule has 2 amide bonds. The molecule has 0 saturated carbocycles. The zero-order valence-electron chi connectivity index (χ0n) is 15.6. The standard InChI is InChI=1S/C19H23FN6O/c1-4-14(2)26-18(9-10-21-26)23-19(27)24(3)12-15-11-22-25(13-15)17-7-5-16(20)6-8-17/h5-11,13-14H,4,12H2,1-3H3,(H,23,27)/t14-/m1/s1. The van der Waals surface area contributed by atoms with Crippen LogP contribution in [0.15, 0.2) is 48.9 Å². The van der Waals surface area contributed by atoms with E-state index in [1.807, 2.05) is 6.20 Å². The van der Waals surface area contributed by atoms with Crippen molar-refractivity contribution < 1.29 is 9.18 Å². The molecule has 0 unspecified atom stereocenters. The Morgan fingerprint density at radius 3 is 2.70 bits per heavy atom. The van der Waals surface area contributed by atoms with Crippen LogP contribution in [0.2, 0.25) is 0 Å². The Labute approximate surface area is 157 Å². The number of benzene rings is 1. The normalized spacial score (nSPS) is 12.0. The summed E-state index contributed by atoms with van der Waals surface area (Å²) in [6.45, 7) is 4.52. The van der Waals surface area contributed by atoms with Gasteiger partial charge in [-0.3, -0.25) is 5.32 Å². The highest BCUT2D eigenvalue weighted by Gasteiger charge is 2.15. The van der Waals surface area contributed by atoms with Crippen LogP contribution < -0.4 is 5.32 Å². The van der Waals surface area contributed by atoms with Crippen molar-refractivity contribution in [2.24, 2.45) is 0 Å². The van der Waals surface area contributed by atoms with E-state index in [9.17, 15) is 9.18 Å². The summed E-state index contributed by atoms with van der Waals surface area (Å²) >= 11 is 0. The molecule has 0 bridgehead atoms. The molecule has 0 fully saturated rings. The zero-order valence-corrected chi connectivity index (χ0v) is 15.6. The number of rotatable bonds is 6. The minimum absolute atomic E-state index is 0.203. The van der Waals surface area contributed by atoms with Gasteiger partial charge in [-0.2, -0.15) is 10.2 Å². The Hall–Kier alpha value is -3.16. The Balaban J connectivity index is 1.64. The first-order valence-electron chi connectivity index (χ1n) is 8.83. The van der Waals surface area contributed by atoms with E-state index in [0.717, 1.165) is 17.7 Å². The van der Waals surface area contributed by atoms with Gasteiger partial charge in [0.2, 0.25) is 0 Å². The highest BCUT2D eigenvalue weighted by Crippen LogP contribution is 2.17. The van der Waals surface area contributed by atoms with Gasteiger partial charge in [-0.15, -0.1) is 0 Å². The average Bonchev–Trinajstić information content (AvgIpc) is 3.31. The highest BCUT2D eigenvalue weighted by molar-refractivity contribution is 5.88. The smallest absolute Gasteiger partial charge is 0.323 e. The molecule has 2 aromatic heterocycles. The largest absolute Gasteiger partial charge is 0.323 e. The molecule has 142 valence electrons. The summed E-state index contributed by atoms with van der Waals surface area (Å²) in [5.41, 5.74) is 1.62. The number of carbonyl (C=O) groups excluding carboxylic acids is 1. The molecule has 8 heteroatoms. The Morgan fingerprint density at radius 2 is 2.00 bits per heavy atom. The van der Waals surface area contributed by atoms with Crippen LogP contribution in [0.4, 0.5) is 15.0 Å². The first-order chi connectivity index (χ1) is 13.0. The molecule has 7 nitrogen and oxygen atoms in total. The molecule has 3 rings (SSSR count). The minimum Gasteiger partial charge on any atom is -0.323 e. The molecular formula is C19H23FN6O. The van der Waals surface area contributed by atoms with Crippen molar-refractivity contribution in [2.75, 3.05) is 12.4 Å². The maximum atomic E-state index is 13.0. The molecule has 0 radical (unpaired) electrons. The van der Waals surface area contributed by atoms with E-state index in [0.29, 0.717) is 12.4 Å². The second kappa shape index (κ2) is 8.03. The van der Waals surface area contributed by atoms with Gasteiger partial charge >= 0.3 is 6.03 Å². The van der Waals surface area contributed by atoms with Crippen LogP contribution >= 0.6 is 0 Å². The number of hydrogen-bond acceptors (Lipinski definition) is 3. The van der Waals surface area contributed by atoms with E-state index in [-0.39, 0.29) is 17.9 Å². The summed E-state index contributed by atoms with van der Waals surface area (Å²) < 4.78 is 16.5. The van der Waals surface area contributed by atoms with Gasteiger partial charge in [0.15, 0.2) is 0 Å². The summed E-state index contributed by atoms with van der Waals surface area (Å²) in [4.78, 5) is 14.1. The lowest BCUT2D eigenvalue weighted by atomic mass is 10.3. The van der Waals surface area contributed by atoms with Gasteiger partial charge in [0.25, 0.3) is 0 Å². The number of nitrogens with zero attached hydrogens (tertiary/aromatic N) is 5. The number of halogens is 1. The lowest BCUT2D eigenvalue weighted by Crippen LogP contribution is -2.31. The maximum Gasteiger partial charge on any atom is 0.323 e. The summed E-state index contributed by atoms with van der Waals surface area (Å²) in [7, 11) is 1.72. The number of hydrogen-bond donors (Lipinski definition) is 1. The zero-order chi connectivity index (χ0) is 19.4. The summed E-state index contributed by atoms with van der Waals surface area (Å²) in [6, 6.07) is 7.83. The Morgan fingerprint density at radius 1 is 1.26 bits per heavy atom. The first kappa shape index (κ1) is 18.6. The molecule has 1 aromatic carbocycles. The maximum absolute atomic E-state index is 13.0. The van der Waals surface area contributed by atoms with E-state index >= 15 is 0 Å². The molecule has 27 heavy (non-hydrogen) atoms. The average molecular weight is 370 g/mol. The second-order valence-electron chi connectivity index (χ2n) is 6.47. The van der Waals surface area contributed by atoms with Crippen LogP contribution in [0.5, 0.6) is 0 Å². The van der Waals surface area contributed by atoms with Crippen LogP contribution in [-0.2, 0) is 6.54 Å². The van der Waals surface area contributed by atoms with Gasteiger partial charge in [0.05, 0.1) is 30.7 Å². The van der Waals surface area contributed by atoms with Gasteiger partial charge in [-0.1, -0.05) is 6.92 Å². The highest BCUT2D eigenvalue weighted by atomic mass is 19.1. The monoisotopic (exact) mass is 370 g/mol. The van der Waals surface area contributed by atoms with E-state index in [1.54, 1.807) is 51.9 Å². The van der Waals surface area contributed by atoms with Gasteiger partial charge in [0, 0.05) is 24.9 Å². The second-order valence-corrected chi connectivity index (χ2v) is 6.47. The van der Waals surface area contributed by atoms with Crippen molar-refractivity contribution in [3.05, 3.63) is 60.3 Å². The molecule has 0 spiro atoms. The summed E-state index contributed by atoms with van der Waals surface area (Å²) in [6.07, 6.45) is 6.11. The van der Waals surface area contributed by atoms with Gasteiger partial charge in [0.1, 0.15) is 11.6 Å². The van der Waals surface area contributed by atoms with Crippen LogP contribution in [-0.4, -0.2) is 37.5 Å². The predicted molar refractivity (Wildman–Crippen MR) is 101 cm³/mol. The fraction of sp³-hybridized carbons (Fsp3) is 0.316. The number of amides is 2. The molecule has 1 N–H and O–H groups in total. The number of aromatic nitrogens is 4. The van der Waals surface area contributed by atoms with Crippen molar-refractivity contribution in [1.82, 2.24) is 24.5 Å². The lowest BCUT2D eigenvalue weighted by Gasteiger charge is -2.19. The van der Waals surface area contributed by atoms with Gasteiger partial charge in [-0.25, -0.2) is 18.5 Å². The van der Waals surface area contributed by atoms with Crippen LogP contribution in [0.25, 0.3) is 5.69 Å². The van der Waals surface area contributed by atoms with E-state index in [1.165, 1.54) is 12.1 Å². The van der Waals surface area contributed by atoms with Crippen LogP contribution in [0, 0.1) is 5.82 Å². The van der Waals surface area contributed by atoms with Gasteiger partial charge in [-0.05, 0) is 37.6 Å². The third kappa shape index (κ3) is 4.33. The van der Waals surface area contributed by atoms with Crippen molar-refractivity contribution in [2.45, 2.75) is 32.9 Å². The van der Waals surface area contributed by atoms with Crippen molar-refractivity contribution in [3.63, 3.8) is 0 Å². The SMILES string of the molecule is CC[C@@H](C)n1nccc1NC(=O)N(C)Cc1cnn(-c2ccc(F)cc2)c1. The van der Waals surface area contributed by atoms with Gasteiger partial charge < -0.3 is 4.90 Å². The fourth-order valence-electron chi connectivity index (χ4n) is 2.66. The fourth-order valence-corrected chi connectivity index (χ4v) is 2.66. The number of urea groups is 1. The molecule has 0 aliphatic rings. The van der Waals surface area contributed by atoms with Crippen molar-refractivity contribution in [3.8, 4) is 5.69 Å². The topological polar surface area (TPSA) is 68.0 Å². The molecule has 0 aliphatic heterocycles. The van der Waals surface area contributed by atoms with Crippen molar-refractivity contribution >= 4 is 11.8 Å². The Kier molecular flexibility index (Phi) is 5.54. The van der Waals surface area contributed by atoms with Crippen molar-refractivity contribution in [1.29, 1.82) is 0 Å². The first-order valence-corrected chi connectivity index (χ1v) is 8.83. The molecule has 2 heterocycles. The number of nitrogens with one attached hydrogen (secondary N) is 1. The van der Waals surface area contributed by atoms with E-state index < -0.39 is 0 Å². The molecule has 0 saturated heterocycles. The molecular weight excluding hydrogens is 347 g/mol. The summed E-state index contributed by atoms with van der Waals surface area (Å²) in [5.74, 6) is 0.377. The lowest BCUT2D eigenvalue weighted by molar-refractivity contribution is 0.220. The third-order valence-electron chi connectivity index (χ3n) is 4.41. The van der Waals surface area contributed by atoms with Crippen LogP contribution in [0.3, 0.4) is 0 Å².